The molecule has 1 saturated carbocycles. The Balaban J connectivity index is 1.32. The Morgan fingerprint density at radius 2 is 1.97 bits per heavy atom. The highest BCUT2D eigenvalue weighted by molar-refractivity contribution is 6.30. The minimum Gasteiger partial charge on any atom is -0.375 e. The van der Waals surface area contributed by atoms with Crippen LogP contribution in [0, 0.1) is 5.92 Å². The number of benzene rings is 1. The van der Waals surface area contributed by atoms with Crippen LogP contribution in [0.25, 0.3) is 0 Å². The monoisotopic (exact) mass is 420 g/mol. The molecule has 160 valence electrons. The van der Waals surface area contributed by atoms with Gasteiger partial charge in [0.15, 0.2) is 5.96 Å². The molecule has 1 aliphatic carbocycles. The van der Waals surface area contributed by atoms with Gasteiger partial charge in [0.2, 0.25) is 5.91 Å². The normalized spacial score (nSPS) is 20.7. The van der Waals surface area contributed by atoms with E-state index in [4.69, 9.17) is 16.3 Å². The molecular formula is C22H33ClN4O2. The SMILES string of the molecule is CN=C(NCCOCc1ccc(Cl)cc1)NC1CCN(C(=O)C2CCCCC2)C1. The van der Waals surface area contributed by atoms with Crippen LogP contribution >= 0.6 is 11.6 Å². The molecule has 1 unspecified atom stereocenters. The number of halogens is 1. The maximum atomic E-state index is 12.7. The van der Waals surface area contributed by atoms with Crippen LogP contribution in [-0.4, -0.2) is 56.1 Å². The summed E-state index contributed by atoms with van der Waals surface area (Å²) in [6, 6.07) is 7.93. The lowest BCUT2D eigenvalue weighted by atomic mass is 9.88. The van der Waals surface area contributed by atoms with E-state index in [0.717, 1.165) is 48.9 Å². The maximum absolute atomic E-state index is 12.7. The Hall–Kier alpha value is -1.79. The molecule has 6 nitrogen and oxygen atoms in total. The number of rotatable bonds is 7. The van der Waals surface area contributed by atoms with Crippen LogP contribution in [0.5, 0.6) is 0 Å². The molecule has 3 rings (SSSR count). The molecule has 2 N–H and O–H groups in total. The van der Waals surface area contributed by atoms with Gasteiger partial charge in [0.25, 0.3) is 0 Å². The molecule has 2 aliphatic rings. The van der Waals surface area contributed by atoms with E-state index in [-0.39, 0.29) is 12.0 Å². The molecule has 0 aromatic heterocycles. The van der Waals surface area contributed by atoms with Crippen molar-refractivity contribution in [3.8, 4) is 0 Å². The van der Waals surface area contributed by atoms with Crippen molar-refractivity contribution in [1.82, 2.24) is 15.5 Å². The van der Waals surface area contributed by atoms with E-state index in [1.54, 1.807) is 7.05 Å². The zero-order valence-corrected chi connectivity index (χ0v) is 18.1. The van der Waals surface area contributed by atoms with Gasteiger partial charge in [0.1, 0.15) is 0 Å². The number of carbonyl (C=O) groups excluding carboxylic acids is 1. The lowest BCUT2D eigenvalue weighted by Crippen LogP contribution is -2.46. The quantitative estimate of drug-likeness (QED) is 0.404. The minimum atomic E-state index is 0.248. The van der Waals surface area contributed by atoms with Gasteiger partial charge in [-0.1, -0.05) is 43.0 Å². The first-order valence-corrected chi connectivity index (χ1v) is 11.1. The van der Waals surface area contributed by atoms with Crippen molar-refractivity contribution in [2.24, 2.45) is 10.9 Å². The number of nitrogens with zero attached hydrogens (tertiary/aromatic N) is 2. The summed E-state index contributed by atoms with van der Waals surface area (Å²) < 4.78 is 5.70. The van der Waals surface area contributed by atoms with E-state index in [0.29, 0.717) is 25.7 Å². The van der Waals surface area contributed by atoms with E-state index in [1.165, 1.54) is 19.3 Å². The van der Waals surface area contributed by atoms with Crippen LogP contribution in [0.2, 0.25) is 5.02 Å². The van der Waals surface area contributed by atoms with Gasteiger partial charge in [0, 0.05) is 43.7 Å². The summed E-state index contributed by atoms with van der Waals surface area (Å²) >= 11 is 5.89. The third kappa shape index (κ3) is 6.89. The second-order valence-electron chi connectivity index (χ2n) is 7.93. The largest absolute Gasteiger partial charge is 0.375 e. The molecule has 1 aromatic rings. The number of aliphatic imine (C=N–C) groups is 1. The van der Waals surface area contributed by atoms with Crippen LogP contribution < -0.4 is 10.6 Å². The summed E-state index contributed by atoms with van der Waals surface area (Å²) in [5, 5.41) is 7.46. The number of carbonyl (C=O) groups is 1. The predicted octanol–water partition coefficient (Wildman–Crippen LogP) is 3.20. The fourth-order valence-corrected chi connectivity index (χ4v) is 4.21. The first-order chi connectivity index (χ1) is 14.2. The second-order valence-corrected chi connectivity index (χ2v) is 8.36. The topological polar surface area (TPSA) is 66.0 Å². The summed E-state index contributed by atoms with van der Waals surface area (Å²) in [5.41, 5.74) is 1.10. The molecular weight excluding hydrogens is 388 g/mol. The lowest BCUT2D eigenvalue weighted by molar-refractivity contribution is -0.135. The van der Waals surface area contributed by atoms with Gasteiger partial charge in [-0.25, -0.2) is 0 Å². The second kappa shape index (κ2) is 11.4. The molecule has 1 atom stereocenters. The highest BCUT2D eigenvalue weighted by atomic mass is 35.5. The molecule has 7 heteroatoms. The Labute approximate surface area is 179 Å². The van der Waals surface area contributed by atoms with Crippen molar-refractivity contribution in [3.05, 3.63) is 34.9 Å². The first kappa shape index (κ1) is 21.9. The summed E-state index contributed by atoms with van der Waals surface area (Å²) in [6.45, 7) is 3.42. The molecule has 1 heterocycles. The number of hydrogen-bond acceptors (Lipinski definition) is 3. The fraction of sp³-hybridized carbons (Fsp3) is 0.636. The highest BCUT2D eigenvalue weighted by Gasteiger charge is 2.31. The summed E-state index contributed by atoms with van der Waals surface area (Å²) in [4.78, 5) is 19.0. The predicted molar refractivity (Wildman–Crippen MR) is 117 cm³/mol. The van der Waals surface area contributed by atoms with E-state index < -0.39 is 0 Å². The molecule has 1 aliphatic heterocycles. The van der Waals surface area contributed by atoms with E-state index >= 15 is 0 Å². The van der Waals surface area contributed by atoms with Crippen molar-refractivity contribution in [3.63, 3.8) is 0 Å². The van der Waals surface area contributed by atoms with Gasteiger partial charge in [-0.3, -0.25) is 9.79 Å². The van der Waals surface area contributed by atoms with E-state index in [1.807, 2.05) is 29.2 Å². The van der Waals surface area contributed by atoms with Crippen molar-refractivity contribution in [1.29, 1.82) is 0 Å². The van der Waals surface area contributed by atoms with Gasteiger partial charge in [0.05, 0.1) is 13.2 Å². The van der Waals surface area contributed by atoms with Crippen LogP contribution in [0.15, 0.2) is 29.3 Å². The summed E-state index contributed by atoms with van der Waals surface area (Å²) in [5.74, 6) is 1.36. The number of likely N-dealkylation sites (tertiary alicyclic amines) is 1. The number of ether oxygens (including phenoxy) is 1. The van der Waals surface area contributed by atoms with Gasteiger partial charge < -0.3 is 20.3 Å². The molecule has 29 heavy (non-hydrogen) atoms. The molecule has 1 amide bonds. The maximum Gasteiger partial charge on any atom is 0.225 e. The summed E-state index contributed by atoms with van der Waals surface area (Å²) in [7, 11) is 1.77. The van der Waals surface area contributed by atoms with Crippen molar-refractivity contribution in [2.75, 3.05) is 33.3 Å². The first-order valence-electron chi connectivity index (χ1n) is 10.7. The summed E-state index contributed by atoms with van der Waals surface area (Å²) in [6.07, 6.45) is 6.76. The standard InChI is InChI=1S/C22H33ClN4O2/c1-24-22(25-12-14-29-16-17-7-9-19(23)10-8-17)26-20-11-13-27(15-20)21(28)18-5-3-2-4-6-18/h7-10,18,20H,2-6,11-16H2,1H3,(H2,24,25,26). The molecule has 0 radical (unpaired) electrons. The van der Waals surface area contributed by atoms with Crippen molar-refractivity contribution >= 4 is 23.5 Å². The molecule has 1 saturated heterocycles. The van der Waals surface area contributed by atoms with E-state index in [9.17, 15) is 4.79 Å². The average molecular weight is 421 g/mol. The zero-order chi connectivity index (χ0) is 20.5. The Bertz CT molecular complexity index is 674. The van der Waals surface area contributed by atoms with Gasteiger partial charge in [-0.15, -0.1) is 0 Å². The Kier molecular flexibility index (Phi) is 8.62. The molecule has 0 bridgehead atoms. The Morgan fingerprint density at radius 3 is 2.69 bits per heavy atom. The zero-order valence-electron chi connectivity index (χ0n) is 17.3. The van der Waals surface area contributed by atoms with Crippen LogP contribution in [0.1, 0.15) is 44.1 Å². The smallest absolute Gasteiger partial charge is 0.225 e. The highest BCUT2D eigenvalue weighted by Crippen LogP contribution is 2.26. The average Bonchev–Trinajstić information content (AvgIpc) is 3.22. The lowest BCUT2D eigenvalue weighted by Gasteiger charge is -2.26. The van der Waals surface area contributed by atoms with Gasteiger partial charge in [-0.05, 0) is 37.0 Å². The van der Waals surface area contributed by atoms with Crippen LogP contribution in [0.3, 0.4) is 0 Å². The van der Waals surface area contributed by atoms with Gasteiger partial charge >= 0.3 is 0 Å². The fourth-order valence-electron chi connectivity index (χ4n) is 4.09. The third-order valence-electron chi connectivity index (χ3n) is 5.74. The number of nitrogens with one attached hydrogen (secondary N) is 2. The van der Waals surface area contributed by atoms with Crippen LogP contribution in [0.4, 0.5) is 0 Å². The number of hydrogen-bond donors (Lipinski definition) is 2. The molecule has 2 fully saturated rings. The van der Waals surface area contributed by atoms with Crippen molar-refractivity contribution in [2.45, 2.75) is 51.2 Å². The molecule has 0 spiro atoms. The number of guanidine groups is 1. The minimum absolute atomic E-state index is 0.248. The van der Waals surface area contributed by atoms with Crippen LogP contribution in [-0.2, 0) is 16.1 Å². The van der Waals surface area contributed by atoms with Gasteiger partial charge in [-0.2, -0.15) is 0 Å². The molecule has 1 aromatic carbocycles. The van der Waals surface area contributed by atoms with E-state index in [2.05, 4.69) is 15.6 Å². The Morgan fingerprint density at radius 1 is 1.21 bits per heavy atom. The third-order valence-corrected chi connectivity index (χ3v) is 5.99. The number of amides is 1. The van der Waals surface area contributed by atoms with Crippen molar-refractivity contribution < 1.29 is 9.53 Å².